The predicted octanol–water partition coefficient (Wildman–Crippen LogP) is 1.75. The minimum Gasteiger partial charge on any atom is -0.467 e. The van der Waals surface area contributed by atoms with Gasteiger partial charge in [0.15, 0.2) is 12.4 Å². The van der Waals surface area contributed by atoms with Gasteiger partial charge in [-0.15, -0.1) is 0 Å². The number of benzene rings is 1. The van der Waals surface area contributed by atoms with Crippen molar-refractivity contribution in [2.45, 2.75) is 18.6 Å². The molecule has 0 saturated heterocycles. The van der Waals surface area contributed by atoms with Gasteiger partial charge in [-0.1, -0.05) is 0 Å². The summed E-state index contributed by atoms with van der Waals surface area (Å²) in [6.07, 6.45) is -3.05. The third-order valence-corrected chi connectivity index (χ3v) is 6.64. The van der Waals surface area contributed by atoms with E-state index in [-0.39, 0.29) is 0 Å². The molecule has 0 unspecified atom stereocenters. The summed E-state index contributed by atoms with van der Waals surface area (Å²) in [6.45, 7) is -0.448. The topological polar surface area (TPSA) is 140 Å². The number of ether oxygens (including phenoxy) is 1. The lowest BCUT2D eigenvalue weighted by molar-refractivity contribution is -0.154. The molecule has 3 N–H and O–H groups in total. The fraction of sp³-hybridized carbons (Fsp3) is 0.333. The highest BCUT2D eigenvalue weighted by Crippen LogP contribution is 2.37. The summed E-state index contributed by atoms with van der Waals surface area (Å²) in [4.78, 5) is 23.4. The lowest BCUT2D eigenvalue weighted by Gasteiger charge is -2.35. The first-order chi connectivity index (χ1) is 15.6. The van der Waals surface area contributed by atoms with Gasteiger partial charge >= 0.3 is 6.18 Å². The Morgan fingerprint density at radius 1 is 1.26 bits per heavy atom. The van der Waals surface area contributed by atoms with Crippen molar-refractivity contribution in [1.29, 1.82) is 0 Å². The monoisotopic (exact) mass is 508 g/mol. The van der Waals surface area contributed by atoms with Crippen LogP contribution in [0.3, 0.4) is 0 Å². The van der Waals surface area contributed by atoms with Crippen LogP contribution in [0.15, 0.2) is 29.5 Å². The normalized spacial score (nSPS) is 20.0. The predicted molar refractivity (Wildman–Crippen MR) is 108 cm³/mol. The molecule has 0 fully saturated rings. The number of hydrogen-bond acceptors (Lipinski definition) is 8. The molecule has 3 rings (SSSR count). The Bertz CT molecular complexity index is 1250. The molecule has 1 aliphatic rings. The van der Waals surface area contributed by atoms with Crippen LogP contribution >= 0.6 is 0 Å². The number of sulfonamides is 1. The Morgan fingerprint density at radius 3 is 2.50 bits per heavy atom. The van der Waals surface area contributed by atoms with E-state index < -0.39 is 80.4 Å². The molecule has 0 saturated carbocycles. The molecule has 0 spiro atoms. The van der Waals surface area contributed by atoms with Gasteiger partial charge in [0.2, 0.25) is 21.9 Å². The Hall–Kier alpha value is -3.56. The van der Waals surface area contributed by atoms with Crippen LogP contribution in [0, 0.1) is 11.6 Å². The van der Waals surface area contributed by atoms with E-state index in [1.807, 2.05) is 0 Å². The minimum atomic E-state index is -4.60. The van der Waals surface area contributed by atoms with Crippen molar-refractivity contribution in [2.75, 3.05) is 24.7 Å². The molecule has 0 radical (unpaired) electrons. The smallest absolute Gasteiger partial charge is 0.422 e. The number of alkyl halides is 3. The zero-order valence-electron chi connectivity index (χ0n) is 17.5. The molecule has 1 aliphatic heterocycles. The van der Waals surface area contributed by atoms with E-state index in [1.54, 1.807) is 0 Å². The van der Waals surface area contributed by atoms with Crippen molar-refractivity contribution in [3.05, 3.63) is 47.4 Å². The second kappa shape index (κ2) is 8.66. The van der Waals surface area contributed by atoms with Gasteiger partial charge < -0.3 is 15.8 Å². The summed E-state index contributed by atoms with van der Waals surface area (Å²) in [5.41, 5.74) is 1.98. The van der Waals surface area contributed by atoms with Crippen LogP contribution in [-0.2, 0) is 15.6 Å². The van der Waals surface area contributed by atoms with Crippen LogP contribution in [0.5, 0.6) is 5.88 Å². The molecule has 1 aromatic heterocycles. The van der Waals surface area contributed by atoms with Crippen LogP contribution in [-0.4, -0.2) is 60.1 Å². The van der Waals surface area contributed by atoms with Crippen molar-refractivity contribution in [1.82, 2.24) is 14.3 Å². The largest absolute Gasteiger partial charge is 0.467 e. The SMILES string of the molecule is CN1C(N)=N[C@](C)(c2c(F)ccc(NC(=O)c3cnc(OCC(F)(F)F)cn3)c2F)CS1(=O)=O. The molecule has 1 amide bonds. The number of carbonyl (C=O) groups is 1. The lowest BCUT2D eigenvalue weighted by Crippen LogP contribution is -2.50. The van der Waals surface area contributed by atoms with Gasteiger partial charge in [0.1, 0.15) is 17.1 Å². The number of anilines is 1. The van der Waals surface area contributed by atoms with Gasteiger partial charge in [0, 0.05) is 7.05 Å². The molecule has 0 aliphatic carbocycles. The Balaban J connectivity index is 1.88. The fourth-order valence-electron chi connectivity index (χ4n) is 3.07. The van der Waals surface area contributed by atoms with Crippen LogP contribution in [0.1, 0.15) is 23.0 Å². The van der Waals surface area contributed by atoms with Crippen molar-refractivity contribution in [3.8, 4) is 5.88 Å². The Labute approximate surface area is 189 Å². The zero-order chi connectivity index (χ0) is 25.5. The van der Waals surface area contributed by atoms with E-state index in [0.29, 0.717) is 4.31 Å². The first kappa shape index (κ1) is 25.1. The number of nitrogens with two attached hydrogens (primary N) is 1. The van der Waals surface area contributed by atoms with Crippen LogP contribution in [0.4, 0.5) is 27.6 Å². The first-order valence-electron chi connectivity index (χ1n) is 9.26. The number of amides is 1. The third kappa shape index (κ3) is 5.16. The number of halogens is 5. The second-order valence-electron chi connectivity index (χ2n) is 7.35. The summed E-state index contributed by atoms with van der Waals surface area (Å²) >= 11 is 0. The molecule has 1 aromatic carbocycles. The highest BCUT2D eigenvalue weighted by molar-refractivity contribution is 7.89. The Kier molecular flexibility index (Phi) is 6.38. The maximum Gasteiger partial charge on any atom is 0.422 e. The molecular formula is C18H17F5N6O4S. The number of aliphatic imine (C=N–C) groups is 1. The third-order valence-electron chi connectivity index (χ3n) is 4.69. The van der Waals surface area contributed by atoms with Crippen molar-refractivity contribution in [2.24, 2.45) is 10.7 Å². The maximum atomic E-state index is 15.3. The van der Waals surface area contributed by atoms with E-state index in [4.69, 9.17) is 5.73 Å². The molecule has 34 heavy (non-hydrogen) atoms. The summed E-state index contributed by atoms with van der Waals surface area (Å²) in [5, 5.41) is 2.12. The second-order valence-corrected chi connectivity index (χ2v) is 9.35. The average Bonchev–Trinajstić information content (AvgIpc) is 2.72. The minimum absolute atomic E-state index is 0.417. The average molecular weight is 508 g/mol. The van der Waals surface area contributed by atoms with Gasteiger partial charge in [0.05, 0.1) is 29.4 Å². The number of hydrogen-bond donors (Lipinski definition) is 2. The van der Waals surface area contributed by atoms with Gasteiger partial charge in [0.25, 0.3) is 5.91 Å². The highest BCUT2D eigenvalue weighted by Gasteiger charge is 2.44. The molecule has 184 valence electrons. The summed E-state index contributed by atoms with van der Waals surface area (Å²) in [6, 6.07) is 1.69. The van der Waals surface area contributed by atoms with Crippen molar-refractivity contribution in [3.63, 3.8) is 0 Å². The van der Waals surface area contributed by atoms with Gasteiger partial charge in [-0.25, -0.2) is 36.5 Å². The number of rotatable bonds is 5. The number of nitrogens with one attached hydrogen (secondary N) is 1. The van der Waals surface area contributed by atoms with Crippen molar-refractivity contribution >= 4 is 27.6 Å². The van der Waals surface area contributed by atoms with E-state index in [9.17, 15) is 30.8 Å². The Morgan fingerprint density at radius 2 is 1.94 bits per heavy atom. The van der Waals surface area contributed by atoms with Crippen LogP contribution in [0.25, 0.3) is 0 Å². The standard InChI is InChI=1S/C18H17F5N6O4S/c1-17(8-34(31,32)29(2)16(24)28-17)13-9(19)3-4-10(14(13)20)27-15(30)11-5-26-12(6-25-11)33-7-18(21,22)23/h3-6H,7-8H2,1-2H3,(H2,24,28)(H,27,30)/t17-/m0/s1. The highest BCUT2D eigenvalue weighted by atomic mass is 32.2. The molecule has 0 bridgehead atoms. The molecule has 2 aromatic rings. The summed E-state index contributed by atoms with van der Waals surface area (Å²) < 4.78 is 96.2. The summed E-state index contributed by atoms with van der Waals surface area (Å²) in [5.74, 6) is -5.24. The van der Waals surface area contributed by atoms with Crippen molar-refractivity contribution < 1.29 is 39.9 Å². The number of carbonyl (C=O) groups excluding carboxylic acids is 1. The van der Waals surface area contributed by atoms with Crippen LogP contribution in [0.2, 0.25) is 0 Å². The first-order valence-corrected chi connectivity index (χ1v) is 10.9. The molecule has 2 heterocycles. The van der Waals surface area contributed by atoms with E-state index in [2.05, 4.69) is 25.0 Å². The van der Waals surface area contributed by atoms with Gasteiger partial charge in [-0.3, -0.25) is 4.79 Å². The summed E-state index contributed by atoms with van der Waals surface area (Å²) in [7, 11) is -2.90. The number of guanidine groups is 1. The van der Waals surface area contributed by atoms with E-state index in [0.717, 1.165) is 31.6 Å². The molecule has 16 heteroatoms. The van der Waals surface area contributed by atoms with Gasteiger partial charge in [-0.2, -0.15) is 13.2 Å². The quantitative estimate of drug-likeness (QED) is 0.587. The molecular weight excluding hydrogens is 491 g/mol. The van der Waals surface area contributed by atoms with E-state index in [1.165, 1.54) is 6.92 Å². The molecule has 1 atom stereocenters. The number of aromatic nitrogens is 2. The van der Waals surface area contributed by atoms with E-state index >= 15 is 4.39 Å². The maximum absolute atomic E-state index is 15.3. The number of nitrogens with zero attached hydrogens (tertiary/aromatic N) is 4. The lowest BCUT2D eigenvalue weighted by atomic mass is 9.92. The molecule has 10 nitrogen and oxygen atoms in total. The zero-order valence-corrected chi connectivity index (χ0v) is 18.3. The van der Waals surface area contributed by atoms with Gasteiger partial charge in [-0.05, 0) is 19.1 Å². The fourth-order valence-corrected chi connectivity index (χ4v) is 4.51. The van der Waals surface area contributed by atoms with Crippen LogP contribution < -0.4 is 15.8 Å².